The molecule has 2 rings (SSSR count). The molecule has 0 aliphatic carbocycles. The molecule has 28 heavy (non-hydrogen) atoms. The van der Waals surface area contributed by atoms with E-state index >= 15 is 0 Å². The number of hydrogen-bond acceptors (Lipinski definition) is 4. The number of rotatable bonds is 12. The van der Waals surface area contributed by atoms with Gasteiger partial charge in [0, 0.05) is 29.3 Å². The summed E-state index contributed by atoms with van der Waals surface area (Å²) in [5.74, 6) is 1.53. The molecule has 2 aromatic carbocycles. The van der Waals surface area contributed by atoms with Gasteiger partial charge in [-0.2, -0.15) is 0 Å². The molecule has 0 radical (unpaired) electrons. The SMILES string of the molecule is CCOc1cccc(CNCCCOC(C)C)c1OCc1ccccc1Cl.Cl. The summed E-state index contributed by atoms with van der Waals surface area (Å²) in [5.41, 5.74) is 2.02. The second-order valence-corrected chi connectivity index (χ2v) is 6.91. The quantitative estimate of drug-likeness (QED) is 0.444. The van der Waals surface area contributed by atoms with Crippen LogP contribution in [0.1, 0.15) is 38.3 Å². The molecule has 0 atom stereocenters. The topological polar surface area (TPSA) is 39.7 Å². The summed E-state index contributed by atoms with van der Waals surface area (Å²) in [6.07, 6.45) is 1.25. The summed E-state index contributed by atoms with van der Waals surface area (Å²) in [7, 11) is 0. The van der Waals surface area contributed by atoms with Crippen LogP contribution in [0.3, 0.4) is 0 Å². The molecule has 0 amide bonds. The standard InChI is InChI=1S/C22H30ClNO3.ClH/c1-4-25-21-12-7-10-18(15-24-13-8-14-26-17(2)3)22(21)27-16-19-9-5-6-11-20(19)23;/h5-7,9-12,17,24H,4,8,13-16H2,1-3H3;1H. The Morgan fingerprint density at radius 2 is 1.75 bits per heavy atom. The third-order valence-corrected chi connectivity index (χ3v) is 4.32. The van der Waals surface area contributed by atoms with Gasteiger partial charge in [0.15, 0.2) is 11.5 Å². The Hall–Kier alpha value is -1.46. The van der Waals surface area contributed by atoms with Gasteiger partial charge in [-0.25, -0.2) is 0 Å². The molecule has 156 valence electrons. The molecule has 1 N–H and O–H groups in total. The highest BCUT2D eigenvalue weighted by Crippen LogP contribution is 2.32. The van der Waals surface area contributed by atoms with Gasteiger partial charge in [0.25, 0.3) is 0 Å². The molecule has 2 aromatic rings. The van der Waals surface area contributed by atoms with Crippen LogP contribution in [-0.4, -0.2) is 25.9 Å². The van der Waals surface area contributed by atoms with Crippen molar-refractivity contribution in [3.05, 3.63) is 58.6 Å². The molecule has 0 aliphatic heterocycles. The Morgan fingerprint density at radius 1 is 1.00 bits per heavy atom. The highest BCUT2D eigenvalue weighted by molar-refractivity contribution is 6.31. The average Bonchev–Trinajstić information content (AvgIpc) is 2.65. The van der Waals surface area contributed by atoms with Crippen molar-refractivity contribution >= 4 is 24.0 Å². The van der Waals surface area contributed by atoms with Crippen LogP contribution in [-0.2, 0) is 17.9 Å². The Balaban J connectivity index is 0.00000392. The molecule has 0 fully saturated rings. The minimum Gasteiger partial charge on any atom is -0.490 e. The van der Waals surface area contributed by atoms with E-state index < -0.39 is 0 Å². The normalized spacial score (nSPS) is 10.6. The van der Waals surface area contributed by atoms with Gasteiger partial charge in [0.1, 0.15) is 6.61 Å². The highest BCUT2D eigenvalue weighted by atomic mass is 35.5. The Morgan fingerprint density at radius 3 is 2.46 bits per heavy atom. The van der Waals surface area contributed by atoms with E-state index in [0.29, 0.717) is 24.8 Å². The van der Waals surface area contributed by atoms with Gasteiger partial charge in [-0.3, -0.25) is 0 Å². The second-order valence-electron chi connectivity index (χ2n) is 6.51. The van der Waals surface area contributed by atoms with Gasteiger partial charge in [-0.05, 0) is 45.9 Å². The first-order chi connectivity index (χ1) is 13.1. The number of benzene rings is 2. The lowest BCUT2D eigenvalue weighted by Gasteiger charge is -2.17. The van der Waals surface area contributed by atoms with E-state index in [1.165, 1.54) is 0 Å². The monoisotopic (exact) mass is 427 g/mol. The van der Waals surface area contributed by atoms with Crippen molar-refractivity contribution in [3.8, 4) is 11.5 Å². The molecule has 0 spiro atoms. The number of nitrogens with one attached hydrogen (secondary N) is 1. The van der Waals surface area contributed by atoms with Crippen LogP contribution in [0, 0.1) is 0 Å². The summed E-state index contributed by atoms with van der Waals surface area (Å²) in [5, 5.41) is 4.16. The van der Waals surface area contributed by atoms with Crippen LogP contribution in [0.2, 0.25) is 5.02 Å². The first kappa shape index (κ1) is 24.6. The number of halogens is 2. The molecule has 0 heterocycles. The van der Waals surface area contributed by atoms with Crippen molar-refractivity contribution in [2.24, 2.45) is 0 Å². The Labute approximate surface area is 179 Å². The number of hydrogen-bond donors (Lipinski definition) is 1. The van der Waals surface area contributed by atoms with E-state index in [2.05, 4.69) is 25.2 Å². The summed E-state index contributed by atoms with van der Waals surface area (Å²) < 4.78 is 17.5. The third kappa shape index (κ3) is 8.27. The molecule has 0 bridgehead atoms. The van der Waals surface area contributed by atoms with E-state index in [9.17, 15) is 0 Å². The van der Waals surface area contributed by atoms with E-state index in [-0.39, 0.29) is 18.5 Å². The van der Waals surface area contributed by atoms with Gasteiger partial charge >= 0.3 is 0 Å². The minimum atomic E-state index is 0. The van der Waals surface area contributed by atoms with Crippen molar-refractivity contribution in [3.63, 3.8) is 0 Å². The maximum absolute atomic E-state index is 6.25. The van der Waals surface area contributed by atoms with Gasteiger partial charge in [0.2, 0.25) is 0 Å². The fourth-order valence-electron chi connectivity index (χ4n) is 2.64. The lowest BCUT2D eigenvalue weighted by molar-refractivity contribution is 0.0770. The molecular formula is C22H31Cl2NO3. The zero-order chi connectivity index (χ0) is 19.5. The minimum absolute atomic E-state index is 0. The Kier molecular flexibility index (Phi) is 12.0. The van der Waals surface area contributed by atoms with Crippen LogP contribution in [0.5, 0.6) is 11.5 Å². The maximum atomic E-state index is 6.25. The smallest absolute Gasteiger partial charge is 0.166 e. The van der Waals surface area contributed by atoms with Crippen LogP contribution < -0.4 is 14.8 Å². The van der Waals surface area contributed by atoms with E-state index in [1.807, 2.05) is 43.3 Å². The fourth-order valence-corrected chi connectivity index (χ4v) is 2.83. The van der Waals surface area contributed by atoms with Gasteiger partial charge in [-0.15, -0.1) is 12.4 Å². The largest absolute Gasteiger partial charge is 0.490 e. The Bertz CT molecular complexity index is 695. The van der Waals surface area contributed by atoms with E-state index in [4.69, 9.17) is 25.8 Å². The molecular weight excluding hydrogens is 397 g/mol. The molecule has 6 heteroatoms. The van der Waals surface area contributed by atoms with Gasteiger partial charge in [0.05, 0.1) is 12.7 Å². The average molecular weight is 428 g/mol. The van der Waals surface area contributed by atoms with Gasteiger partial charge < -0.3 is 19.5 Å². The fraction of sp³-hybridized carbons (Fsp3) is 0.455. The summed E-state index contributed by atoms with van der Waals surface area (Å²) in [6.45, 7) is 9.42. The summed E-state index contributed by atoms with van der Waals surface area (Å²) in [6, 6.07) is 13.7. The molecule has 0 saturated carbocycles. The van der Waals surface area contributed by atoms with Crippen molar-refractivity contribution in [1.82, 2.24) is 5.32 Å². The van der Waals surface area contributed by atoms with E-state index in [0.717, 1.165) is 42.2 Å². The molecule has 4 nitrogen and oxygen atoms in total. The number of ether oxygens (including phenoxy) is 3. The first-order valence-electron chi connectivity index (χ1n) is 9.55. The molecule has 0 aromatic heterocycles. The molecule has 0 saturated heterocycles. The lowest BCUT2D eigenvalue weighted by atomic mass is 10.1. The van der Waals surface area contributed by atoms with Crippen LogP contribution >= 0.6 is 24.0 Å². The second kappa shape index (κ2) is 13.7. The third-order valence-electron chi connectivity index (χ3n) is 3.95. The highest BCUT2D eigenvalue weighted by Gasteiger charge is 2.12. The predicted molar refractivity (Wildman–Crippen MR) is 118 cm³/mol. The van der Waals surface area contributed by atoms with Crippen molar-refractivity contribution in [2.75, 3.05) is 19.8 Å². The first-order valence-corrected chi connectivity index (χ1v) is 9.92. The number of para-hydroxylation sites is 1. The van der Waals surface area contributed by atoms with Gasteiger partial charge in [-0.1, -0.05) is 41.9 Å². The zero-order valence-corrected chi connectivity index (χ0v) is 18.4. The van der Waals surface area contributed by atoms with Crippen molar-refractivity contribution in [1.29, 1.82) is 0 Å². The van der Waals surface area contributed by atoms with Crippen LogP contribution in [0.4, 0.5) is 0 Å². The van der Waals surface area contributed by atoms with Crippen molar-refractivity contribution in [2.45, 2.75) is 46.4 Å². The molecule has 0 aliphatic rings. The van der Waals surface area contributed by atoms with Crippen molar-refractivity contribution < 1.29 is 14.2 Å². The van der Waals surface area contributed by atoms with E-state index in [1.54, 1.807) is 0 Å². The summed E-state index contributed by atoms with van der Waals surface area (Å²) >= 11 is 6.25. The van der Waals surface area contributed by atoms with Crippen LogP contribution in [0.15, 0.2) is 42.5 Å². The zero-order valence-electron chi connectivity index (χ0n) is 16.9. The molecule has 0 unspecified atom stereocenters. The maximum Gasteiger partial charge on any atom is 0.166 e. The summed E-state index contributed by atoms with van der Waals surface area (Å²) in [4.78, 5) is 0. The van der Waals surface area contributed by atoms with Crippen LogP contribution in [0.25, 0.3) is 0 Å². The predicted octanol–water partition coefficient (Wildman–Crippen LogP) is 5.64. The lowest BCUT2D eigenvalue weighted by Crippen LogP contribution is -2.18.